The predicted octanol–water partition coefficient (Wildman–Crippen LogP) is 3.63. The quantitative estimate of drug-likeness (QED) is 0.617. The molecule has 0 spiro atoms. The first-order valence-electron chi connectivity index (χ1n) is 8.42. The van der Waals surface area contributed by atoms with E-state index in [0.29, 0.717) is 22.3 Å². The van der Waals surface area contributed by atoms with Gasteiger partial charge in [0.25, 0.3) is 0 Å². The number of hydrogen-bond donors (Lipinski definition) is 2. The molecule has 1 heterocycles. The van der Waals surface area contributed by atoms with E-state index in [1.807, 2.05) is 0 Å². The number of fused-ring (bicyclic) bond motifs is 1. The maximum Gasteiger partial charge on any atom is 0.336 e. The summed E-state index contributed by atoms with van der Waals surface area (Å²) in [5, 5.41) is 5.64. The van der Waals surface area contributed by atoms with Crippen LogP contribution in [-0.4, -0.2) is 22.8 Å². The van der Waals surface area contributed by atoms with Crippen LogP contribution in [0.15, 0.2) is 63.8 Å². The number of rotatable bonds is 6. The highest BCUT2D eigenvalue weighted by Gasteiger charge is 2.16. The lowest BCUT2D eigenvalue weighted by Crippen LogP contribution is -2.25. The average molecular weight is 400 g/mol. The van der Waals surface area contributed by atoms with Gasteiger partial charge in [0.15, 0.2) is 0 Å². The van der Waals surface area contributed by atoms with Crippen LogP contribution < -0.4 is 16.3 Å². The van der Waals surface area contributed by atoms with Crippen molar-refractivity contribution in [1.29, 1.82) is 0 Å². The van der Waals surface area contributed by atoms with E-state index >= 15 is 0 Å². The Morgan fingerprint density at radius 2 is 1.75 bits per heavy atom. The number of nitrogens with one attached hydrogen (secondary N) is 2. The summed E-state index contributed by atoms with van der Waals surface area (Å²) in [4.78, 5) is 35.5. The van der Waals surface area contributed by atoms with Crippen molar-refractivity contribution in [3.8, 4) is 0 Å². The summed E-state index contributed by atoms with van der Waals surface area (Å²) in [6.07, 6.45) is 0. The molecule has 0 bridgehead atoms. The molecule has 2 aromatic carbocycles. The molecular weight excluding hydrogens is 383 g/mol. The van der Waals surface area contributed by atoms with Crippen molar-refractivity contribution in [1.82, 2.24) is 0 Å². The van der Waals surface area contributed by atoms with E-state index in [4.69, 9.17) is 4.42 Å². The van der Waals surface area contributed by atoms with Crippen molar-refractivity contribution in [3.05, 3.63) is 70.8 Å². The molecule has 0 aliphatic heterocycles. The van der Waals surface area contributed by atoms with Crippen molar-refractivity contribution in [2.45, 2.75) is 12.2 Å². The maximum atomic E-state index is 12.9. The minimum absolute atomic E-state index is 0.0782. The zero-order chi connectivity index (χ0) is 20.1. The van der Waals surface area contributed by atoms with Gasteiger partial charge in [-0.1, -0.05) is 0 Å². The Morgan fingerprint density at radius 1 is 1.04 bits per heavy atom. The number of benzene rings is 2. The summed E-state index contributed by atoms with van der Waals surface area (Å²) < 4.78 is 17.9. The topological polar surface area (TPSA) is 88.4 Å². The van der Waals surface area contributed by atoms with Gasteiger partial charge in [-0.15, -0.1) is 11.8 Å². The third-order valence-corrected chi connectivity index (χ3v) is 4.99. The van der Waals surface area contributed by atoms with Gasteiger partial charge < -0.3 is 15.1 Å². The summed E-state index contributed by atoms with van der Waals surface area (Å²) >= 11 is 1.18. The van der Waals surface area contributed by atoms with Gasteiger partial charge in [0.1, 0.15) is 11.4 Å². The minimum atomic E-state index is -0.469. The van der Waals surface area contributed by atoms with Crippen LogP contribution in [0, 0.1) is 5.82 Å². The number of carbonyl (C=O) groups is 2. The van der Waals surface area contributed by atoms with Gasteiger partial charge >= 0.3 is 5.63 Å². The number of amides is 2. The van der Waals surface area contributed by atoms with Crippen LogP contribution in [0.2, 0.25) is 0 Å². The van der Waals surface area contributed by atoms with Gasteiger partial charge in [0, 0.05) is 22.8 Å². The highest BCUT2D eigenvalue weighted by Crippen LogP contribution is 2.20. The van der Waals surface area contributed by atoms with Gasteiger partial charge in [-0.3, -0.25) is 9.59 Å². The molecule has 0 fully saturated rings. The molecule has 0 aliphatic rings. The molecule has 8 heteroatoms. The Morgan fingerprint density at radius 3 is 2.50 bits per heavy atom. The van der Waals surface area contributed by atoms with Crippen molar-refractivity contribution in [2.75, 3.05) is 16.4 Å². The summed E-state index contributed by atoms with van der Waals surface area (Å²) in [5.74, 6) is -0.837. The molecule has 1 unspecified atom stereocenters. The Bertz CT molecular complexity index is 1070. The van der Waals surface area contributed by atoms with Gasteiger partial charge in [-0.25, -0.2) is 9.18 Å². The van der Waals surface area contributed by atoms with Crippen molar-refractivity contribution in [3.63, 3.8) is 0 Å². The molecule has 1 aromatic heterocycles. The monoisotopic (exact) mass is 400 g/mol. The van der Waals surface area contributed by atoms with Gasteiger partial charge in [0.05, 0.1) is 11.0 Å². The Kier molecular flexibility index (Phi) is 6.10. The van der Waals surface area contributed by atoms with Crippen LogP contribution in [0.4, 0.5) is 15.8 Å². The Balaban J connectivity index is 1.52. The molecule has 3 aromatic rings. The molecule has 6 nitrogen and oxygen atoms in total. The summed E-state index contributed by atoms with van der Waals surface area (Å²) in [5.41, 5.74) is 1.06. The lowest BCUT2D eigenvalue weighted by atomic mass is 10.2. The van der Waals surface area contributed by atoms with Gasteiger partial charge in [-0.05, 0) is 55.5 Å². The van der Waals surface area contributed by atoms with Crippen LogP contribution in [-0.2, 0) is 9.59 Å². The van der Waals surface area contributed by atoms with Gasteiger partial charge in [-0.2, -0.15) is 0 Å². The fourth-order valence-corrected chi connectivity index (χ4v) is 3.08. The zero-order valence-electron chi connectivity index (χ0n) is 14.9. The largest absolute Gasteiger partial charge is 0.423 e. The molecule has 3 rings (SSSR count). The van der Waals surface area contributed by atoms with E-state index in [0.717, 1.165) is 0 Å². The zero-order valence-corrected chi connectivity index (χ0v) is 15.7. The molecule has 144 valence electrons. The molecule has 0 radical (unpaired) electrons. The Labute approximate surface area is 164 Å². The molecule has 0 aliphatic carbocycles. The first-order chi connectivity index (χ1) is 13.4. The molecule has 1 atom stereocenters. The average Bonchev–Trinajstić information content (AvgIpc) is 2.68. The maximum absolute atomic E-state index is 12.9. The molecule has 0 saturated carbocycles. The molecule has 2 amide bonds. The van der Waals surface area contributed by atoms with Crippen LogP contribution in [0.1, 0.15) is 6.92 Å². The van der Waals surface area contributed by atoms with E-state index in [1.165, 1.54) is 42.1 Å². The molecule has 0 saturated heterocycles. The molecule has 28 heavy (non-hydrogen) atoms. The SMILES string of the molecule is CC(SCC(=O)Nc1ccc(F)cc1)C(=O)Nc1ccc2oc(=O)ccc2c1. The normalized spacial score (nSPS) is 11.8. The third-order valence-electron chi connectivity index (χ3n) is 3.85. The molecule has 2 N–H and O–H groups in total. The molecular formula is C20H17FN2O4S. The van der Waals surface area contributed by atoms with Crippen LogP contribution in [0.5, 0.6) is 0 Å². The number of anilines is 2. The van der Waals surface area contributed by atoms with Gasteiger partial charge in [0.2, 0.25) is 11.8 Å². The summed E-state index contributed by atoms with van der Waals surface area (Å²) in [7, 11) is 0. The van der Waals surface area contributed by atoms with E-state index in [1.54, 1.807) is 31.2 Å². The second kappa shape index (κ2) is 8.71. The van der Waals surface area contributed by atoms with Crippen molar-refractivity contribution in [2.24, 2.45) is 0 Å². The fraction of sp³-hybridized carbons (Fsp3) is 0.150. The smallest absolute Gasteiger partial charge is 0.336 e. The second-order valence-corrected chi connectivity index (χ2v) is 7.33. The highest BCUT2D eigenvalue weighted by molar-refractivity contribution is 8.01. The van der Waals surface area contributed by atoms with Crippen LogP contribution in [0.3, 0.4) is 0 Å². The number of carbonyl (C=O) groups excluding carboxylic acids is 2. The van der Waals surface area contributed by atoms with E-state index in [2.05, 4.69) is 10.6 Å². The first kappa shape index (κ1) is 19.6. The lowest BCUT2D eigenvalue weighted by molar-refractivity contribution is -0.115. The minimum Gasteiger partial charge on any atom is -0.423 e. The summed E-state index contributed by atoms with van der Waals surface area (Å²) in [6.45, 7) is 1.70. The van der Waals surface area contributed by atoms with Crippen LogP contribution in [0.25, 0.3) is 11.0 Å². The van der Waals surface area contributed by atoms with Crippen molar-refractivity contribution >= 4 is 45.9 Å². The van der Waals surface area contributed by atoms with E-state index in [-0.39, 0.29) is 23.4 Å². The number of thioether (sulfide) groups is 1. The lowest BCUT2D eigenvalue weighted by Gasteiger charge is -2.12. The highest BCUT2D eigenvalue weighted by atomic mass is 32.2. The second-order valence-electron chi connectivity index (χ2n) is 6.00. The van der Waals surface area contributed by atoms with Crippen molar-refractivity contribution < 1.29 is 18.4 Å². The van der Waals surface area contributed by atoms with E-state index in [9.17, 15) is 18.8 Å². The Hall–Kier alpha value is -3.13. The number of hydrogen-bond acceptors (Lipinski definition) is 5. The number of halogens is 1. The summed E-state index contributed by atoms with van der Waals surface area (Å²) in [6, 6.07) is 13.3. The standard InChI is InChI=1S/C20H17FN2O4S/c1-12(28-11-18(24)22-15-5-3-14(21)4-6-15)20(26)23-16-7-8-17-13(10-16)2-9-19(25)27-17/h2-10,12H,11H2,1H3,(H,22,24)(H,23,26). The predicted molar refractivity (Wildman–Crippen MR) is 108 cm³/mol. The van der Waals surface area contributed by atoms with E-state index < -0.39 is 10.9 Å². The third kappa shape index (κ3) is 5.20. The first-order valence-corrected chi connectivity index (χ1v) is 9.47. The fourth-order valence-electron chi connectivity index (χ4n) is 2.40. The van der Waals surface area contributed by atoms with Crippen LogP contribution >= 0.6 is 11.8 Å².